The SMILES string of the molecule is Oc1ccc(N2CC[NH+]([C@@H](c3cccs3)c3nnnn3C3CCCCC3)CC2)cc1. The molecule has 3 heterocycles. The minimum Gasteiger partial charge on any atom is -0.508 e. The predicted molar refractivity (Wildman–Crippen MR) is 117 cm³/mol. The maximum absolute atomic E-state index is 9.57. The van der Waals surface area contributed by atoms with E-state index >= 15 is 0 Å². The summed E-state index contributed by atoms with van der Waals surface area (Å²) in [5.74, 6) is 1.34. The van der Waals surface area contributed by atoms with Crippen LogP contribution in [0.3, 0.4) is 0 Å². The van der Waals surface area contributed by atoms with Crippen molar-refractivity contribution < 1.29 is 10.0 Å². The van der Waals surface area contributed by atoms with Crippen LogP contribution in [0.15, 0.2) is 41.8 Å². The van der Waals surface area contributed by atoms with Crippen molar-refractivity contribution in [3.05, 3.63) is 52.5 Å². The van der Waals surface area contributed by atoms with Gasteiger partial charge in [-0.25, -0.2) is 4.68 Å². The molecule has 158 valence electrons. The molecule has 3 aromatic rings. The highest BCUT2D eigenvalue weighted by atomic mass is 32.1. The first-order chi connectivity index (χ1) is 14.8. The molecule has 1 saturated heterocycles. The Morgan fingerprint density at radius 3 is 2.50 bits per heavy atom. The summed E-state index contributed by atoms with van der Waals surface area (Å²) in [4.78, 5) is 5.27. The number of aromatic nitrogens is 4. The number of aromatic hydroxyl groups is 1. The third kappa shape index (κ3) is 3.94. The van der Waals surface area contributed by atoms with E-state index in [0.29, 0.717) is 11.8 Å². The van der Waals surface area contributed by atoms with Crippen molar-refractivity contribution in [2.45, 2.75) is 44.2 Å². The van der Waals surface area contributed by atoms with E-state index in [0.717, 1.165) is 32.0 Å². The van der Waals surface area contributed by atoms with Crippen molar-refractivity contribution in [1.82, 2.24) is 20.2 Å². The highest BCUT2D eigenvalue weighted by molar-refractivity contribution is 7.10. The fourth-order valence-corrected chi connectivity index (χ4v) is 5.83. The molecule has 2 fully saturated rings. The highest BCUT2D eigenvalue weighted by Crippen LogP contribution is 2.31. The van der Waals surface area contributed by atoms with Gasteiger partial charge >= 0.3 is 0 Å². The van der Waals surface area contributed by atoms with Crippen LogP contribution in [-0.4, -0.2) is 51.5 Å². The minimum atomic E-state index is 0.184. The molecule has 7 nitrogen and oxygen atoms in total. The number of piperazine rings is 1. The number of benzene rings is 1. The van der Waals surface area contributed by atoms with Gasteiger partial charge in [0.15, 0.2) is 6.04 Å². The topological polar surface area (TPSA) is 71.5 Å². The zero-order valence-corrected chi connectivity index (χ0v) is 18.0. The number of hydrogen-bond donors (Lipinski definition) is 2. The van der Waals surface area contributed by atoms with E-state index < -0.39 is 0 Å². The van der Waals surface area contributed by atoms with E-state index in [-0.39, 0.29) is 6.04 Å². The molecule has 1 atom stereocenters. The molecule has 8 heteroatoms. The first kappa shape index (κ1) is 19.5. The molecule has 1 aromatic carbocycles. The molecular weight excluding hydrogens is 396 g/mol. The maximum Gasteiger partial charge on any atom is 0.215 e. The smallest absolute Gasteiger partial charge is 0.215 e. The Balaban J connectivity index is 1.38. The predicted octanol–water partition coefficient (Wildman–Crippen LogP) is 2.44. The van der Waals surface area contributed by atoms with Crippen LogP contribution in [-0.2, 0) is 0 Å². The summed E-state index contributed by atoms with van der Waals surface area (Å²) in [5, 5.41) is 24.8. The number of hydrogen-bond acceptors (Lipinski definition) is 6. The number of rotatable bonds is 5. The summed E-state index contributed by atoms with van der Waals surface area (Å²) in [6.07, 6.45) is 6.22. The normalized spacial score (nSPS) is 19.8. The Morgan fingerprint density at radius 1 is 1.03 bits per heavy atom. The van der Waals surface area contributed by atoms with Crippen molar-refractivity contribution >= 4 is 17.0 Å². The summed E-state index contributed by atoms with van der Waals surface area (Å²) in [7, 11) is 0. The lowest BCUT2D eigenvalue weighted by Crippen LogP contribution is -3.15. The Labute approximate surface area is 180 Å². The van der Waals surface area contributed by atoms with Crippen LogP contribution in [0.4, 0.5) is 5.69 Å². The Morgan fingerprint density at radius 2 is 1.80 bits per heavy atom. The third-order valence-corrected chi connectivity index (χ3v) is 7.49. The van der Waals surface area contributed by atoms with E-state index in [2.05, 4.69) is 42.6 Å². The number of nitrogens with one attached hydrogen (secondary N) is 1. The van der Waals surface area contributed by atoms with Crippen molar-refractivity contribution in [2.24, 2.45) is 0 Å². The largest absolute Gasteiger partial charge is 0.508 e. The van der Waals surface area contributed by atoms with Crippen molar-refractivity contribution in [2.75, 3.05) is 31.1 Å². The lowest BCUT2D eigenvalue weighted by Gasteiger charge is -2.37. The lowest BCUT2D eigenvalue weighted by molar-refractivity contribution is -0.926. The summed E-state index contributed by atoms with van der Waals surface area (Å²) < 4.78 is 2.14. The summed E-state index contributed by atoms with van der Waals surface area (Å²) in [5.41, 5.74) is 1.17. The Hall–Kier alpha value is -2.45. The number of thiophene rings is 1. The molecule has 0 unspecified atom stereocenters. The average Bonchev–Trinajstić information content (AvgIpc) is 3.49. The maximum atomic E-state index is 9.57. The van der Waals surface area contributed by atoms with Crippen molar-refractivity contribution in [1.29, 1.82) is 0 Å². The number of nitrogens with zero attached hydrogens (tertiary/aromatic N) is 5. The van der Waals surface area contributed by atoms with Gasteiger partial charge in [-0.2, -0.15) is 0 Å². The fraction of sp³-hybridized carbons (Fsp3) is 0.500. The molecule has 30 heavy (non-hydrogen) atoms. The second kappa shape index (κ2) is 8.73. The van der Waals surface area contributed by atoms with Crippen molar-refractivity contribution in [3.8, 4) is 5.75 Å². The third-order valence-electron chi connectivity index (χ3n) is 6.55. The standard InChI is InChI=1S/C22H28N6OS/c29-19-10-8-17(9-11-19)26-12-14-27(15-13-26)21(20-7-4-16-30-20)22-23-24-25-28(22)18-5-2-1-3-6-18/h4,7-11,16,18,21,29H,1-3,5-6,12-15H2/p+1/t21-/m0/s1. The molecule has 2 N–H and O–H groups in total. The van der Waals surface area contributed by atoms with E-state index in [9.17, 15) is 5.11 Å². The van der Waals surface area contributed by atoms with Gasteiger partial charge in [0.25, 0.3) is 0 Å². The van der Waals surface area contributed by atoms with Crippen LogP contribution < -0.4 is 9.80 Å². The fourth-order valence-electron chi connectivity index (χ4n) is 4.95. The van der Waals surface area contributed by atoms with Crippen LogP contribution in [0.25, 0.3) is 0 Å². The molecular formula is C22H29N6OS+. The molecule has 0 radical (unpaired) electrons. The number of anilines is 1. The van der Waals surface area contributed by atoms with Crippen molar-refractivity contribution in [3.63, 3.8) is 0 Å². The minimum absolute atomic E-state index is 0.184. The van der Waals surface area contributed by atoms with E-state index in [1.807, 2.05) is 12.1 Å². The average molecular weight is 426 g/mol. The van der Waals surface area contributed by atoms with E-state index in [1.165, 1.54) is 47.6 Å². The molecule has 1 aliphatic heterocycles. The molecule has 1 aliphatic carbocycles. The molecule has 2 aromatic heterocycles. The first-order valence-corrected chi connectivity index (χ1v) is 11.9. The van der Waals surface area contributed by atoms with Gasteiger partial charge in [0.05, 0.1) is 37.1 Å². The Kier molecular flexibility index (Phi) is 5.68. The molecule has 0 bridgehead atoms. The summed E-state index contributed by atoms with van der Waals surface area (Å²) in [6.45, 7) is 4.02. The van der Waals surface area contributed by atoms with Gasteiger partial charge in [0.2, 0.25) is 5.82 Å². The first-order valence-electron chi connectivity index (χ1n) is 11.0. The number of quaternary nitrogens is 1. The van der Waals surface area contributed by atoms with Gasteiger partial charge in [0, 0.05) is 5.69 Å². The van der Waals surface area contributed by atoms with Gasteiger partial charge in [0.1, 0.15) is 5.75 Å². The van der Waals surface area contributed by atoms with Gasteiger partial charge in [-0.1, -0.05) is 25.3 Å². The van der Waals surface area contributed by atoms with E-state index in [4.69, 9.17) is 0 Å². The number of phenolic OH excluding ortho intramolecular Hbond substituents is 1. The molecule has 2 aliphatic rings. The van der Waals surface area contributed by atoms with Crippen LogP contribution >= 0.6 is 11.3 Å². The number of phenols is 1. The monoisotopic (exact) mass is 425 g/mol. The second-order valence-electron chi connectivity index (χ2n) is 8.38. The van der Waals surface area contributed by atoms with Crippen LogP contribution in [0.1, 0.15) is 54.9 Å². The highest BCUT2D eigenvalue weighted by Gasteiger charge is 2.36. The van der Waals surface area contributed by atoms with Gasteiger partial charge in [-0.15, -0.1) is 16.4 Å². The molecule has 0 spiro atoms. The van der Waals surface area contributed by atoms with Crippen LogP contribution in [0.2, 0.25) is 0 Å². The Bertz CT molecular complexity index is 927. The van der Waals surface area contributed by atoms with Gasteiger partial charge in [-0.3, -0.25) is 0 Å². The lowest BCUT2D eigenvalue weighted by atomic mass is 9.95. The van der Waals surface area contributed by atoms with Gasteiger partial charge in [-0.05, 0) is 59.0 Å². The van der Waals surface area contributed by atoms with Gasteiger partial charge < -0.3 is 14.9 Å². The zero-order chi connectivity index (χ0) is 20.3. The number of tetrazole rings is 1. The molecule has 5 rings (SSSR count). The molecule has 1 saturated carbocycles. The van der Waals surface area contributed by atoms with Crippen LogP contribution in [0.5, 0.6) is 5.75 Å². The van der Waals surface area contributed by atoms with Crippen LogP contribution in [0, 0.1) is 0 Å². The second-order valence-corrected chi connectivity index (χ2v) is 9.36. The zero-order valence-electron chi connectivity index (χ0n) is 17.2. The van der Waals surface area contributed by atoms with E-state index in [1.54, 1.807) is 23.5 Å². The molecule has 0 amide bonds. The quantitative estimate of drug-likeness (QED) is 0.657. The summed E-state index contributed by atoms with van der Waals surface area (Å²) in [6, 6.07) is 12.5. The summed E-state index contributed by atoms with van der Waals surface area (Å²) >= 11 is 1.81.